The third-order valence-corrected chi connectivity index (χ3v) is 5.63. The monoisotopic (exact) mass is 414 g/mol. The Morgan fingerprint density at radius 1 is 1.04 bits per heavy atom. The van der Waals surface area contributed by atoms with Crippen LogP contribution in [0.5, 0.6) is 5.75 Å². The van der Waals surface area contributed by atoms with Gasteiger partial charge in [0.2, 0.25) is 9.84 Å². The molecule has 0 saturated carbocycles. The maximum Gasteiger partial charge on any atom is 0.269 e. The van der Waals surface area contributed by atoms with E-state index in [0.29, 0.717) is 12.4 Å². The van der Waals surface area contributed by atoms with E-state index in [0.717, 1.165) is 25.8 Å². The second kappa shape index (κ2) is 10.9. The van der Waals surface area contributed by atoms with E-state index in [9.17, 15) is 18.5 Å². The van der Waals surface area contributed by atoms with Crippen molar-refractivity contribution in [2.45, 2.75) is 29.1 Å². The predicted molar refractivity (Wildman–Crippen MR) is 106 cm³/mol. The first kappa shape index (κ1) is 22.9. The molecule has 0 atom stereocenters. The number of unbranched alkanes of at least 4 members (excludes halogenated alkanes) is 2. The van der Waals surface area contributed by atoms with E-state index >= 15 is 0 Å². The molecule has 7 nitrogen and oxygen atoms in total. The molecular formula is C18H23ClN2O5S. The number of halogens is 1. The zero-order chi connectivity index (χ0) is 19.0. The third kappa shape index (κ3) is 6.20. The molecule has 2 rings (SSSR count). The Morgan fingerprint density at radius 2 is 1.70 bits per heavy atom. The molecule has 27 heavy (non-hydrogen) atoms. The van der Waals surface area contributed by atoms with Crippen LogP contribution in [-0.2, 0) is 9.84 Å². The number of rotatable bonds is 10. The number of nitro groups is 1. The van der Waals surface area contributed by atoms with Crippen molar-refractivity contribution < 1.29 is 18.1 Å². The normalized spacial score (nSPS) is 10.9. The zero-order valence-electron chi connectivity index (χ0n) is 15.0. The molecule has 9 heteroatoms. The molecule has 2 aromatic carbocycles. The van der Waals surface area contributed by atoms with Crippen LogP contribution in [0.15, 0.2) is 58.3 Å². The number of ether oxygens (including phenoxy) is 1. The minimum absolute atomic E-state index is 0. The fourth-order valence-corrected chi connectivity index (χ4v) is 3.83. The molecule has 0 heterocycles. The molecule has 0 aliphatic rings. The van der Waals surface area contributed by atoms with Crippen molar-refractivity contribution in [3.05, 3.63) is 58.6 Å². The lowest BCUT2D eigenvalue weighted by molar-refractivity contribution is -0.384. The lowest BCUT2D eigenvalue weighted by Crippen LogP contribution is -2.09. The summed E-state index contributed by atoms with van der Waals surface area (Å²) in [6.07, 6.45) is 2.84. The van der Waals surface area contributed by atoms with Crippen molar-refractivity contribution in [1.82, 2.24) is 5.32 Å². The van der Waals surface area contributed by atoms with E-state index in [2.05, 4.69) is 5.32 Å². The van der Waals surface area contributed by atoms with Crippen LogP contribution >= 0.6 is 12.4 Å². The third-order valence-electron chi connectivity index (χ3n) is 3.83. The largest absolute Gasteiger partial charge is 0.492 e. The summed E-state index contributed by atoms with van der Waals surface area (Å²) in [5, 5.41) is 13.8. The molecule has 148 valence electrons. The summed E-state index contributed by atoms with van der Waals surface area (Å²) in [6, 6.07) is 11.3. The van der Waals surface area contributed by atoms with Crippen LogP contribution in [0.1, 0.15) is 19.3 Å². The first-order chi connectivity index (χ1) is 12.5. The Hall–Kier alpha value is -2.16. The second-order valence-corrected chi connectivity index (χ2v) is 7.63. The van der Waals surface area contributed by atoms with E-state index in [-0.39, 0.29) is 27.9 Å². The van der Waals surface area contributed by atoms with E-state index in [4.69, 9.17) is 4.74 Å². The number of para-hydroxylation sites is 1. The molecule has 0 radical (unpaired) electrons. The van der Waals surface area contributed by atoms with Gasteiger partial charge in [-0.25, -0.2) is 8.42 Å². The van der Waals surface area contributed by atoms with Crippen LogP contribution in [0.25, 0.3) is 0 Å². The molecule has 0 fully saturated rings. The lowest BCUT2D eigenvalue weighted by Gasteiger charge is -2.12. The highest BCUT2D eigenvalue weighted by molar-refractivity contribution is 7.91. The van der Waals surface area contributed by atoms with Gasteiger partial charge in [0.25, 0.3) is 5.69 Å². The van der Waals surface area contributed by atoms with Gasteiger partial charge in [-0.15, -0.1) is 12.4 Å². The Bertz CT molecular complexity index is 841. The van der Waals surface area contributed by atoms with Crippen molar-refractivity contribution in [3.63, 3.8) is 0 Å². The Balaban J connectivity index is 0.00000364. The molecule has 1 N–H and O–H groups in total. The zero-order valence-corrected chi connectivity index (χ0v) is 16.6. The van der Waals surface area contributed by atoms with Gasteiger partial charge in [-0.05, 0) is 57.1 Å². The lowest BCUT2D eigenvalue weighted by atomic mass is 10.2. The molecule has 0 saturated heterocycles. The van der Waals surface area contributed by atoms with Gasteiger partial charge >= 0.3 is 0 Å². The van der Waals surface area contributed by atoms with E-state index < -0.39 is 14.8 Å². The summed E-state index contributed by atoms with van der Waals surface area (Å²) in [5.74, 6) is 0.291. The molecule has 0 unspecified atom stereocenters. The molecule has 0 aliphatic carbocycles. The van der Waals surface area contributed by atoms with Crippen LogP contribution in [0.4, 0.5) is 5.69 Å². The molecule has 0 aromatic heterocycles. The number of nitro benzene ring substituents is 1. The van der Waals surface area contributed by atoms with Gasteiger partial charge in [0.1, 0.15) is 10.6 Å². The van der Waals surface area contributed by atoms with Gasteiger partial charge in [-0.2, -0.15) is 0 Å². The number of hydrogen-bond acceptors (Lipinski definition) is 6. The summed E-state index contributed by atoms with van der Waals surface area (Å²) in [6.45, 7) is 1.36. The topological polar surface area (TPSA) is 98.5 Å². The second-order valence-electron chi connectivity index (χ2n) is 5.71. The predicted octanol–water partition coefficient (Wildman–Crippen LogP) is 3.62. The molecule has 0 amide bonds. The maximum atomic E-state index is 12.9. The number of nitrogens with zero attached hydrogens (tertiary/aromatic N) is 1. The van der Waals surface area contributed by atoms with Crippen molar-refractivity contribution in [2.75, 3.05) is 20.2 Å². The van der Waals surface area contributed by atoms with Gasteiger partial charge < -0.3 is 10.1 Å². The van der Waals surface area contributed by atoms with E-state index in [1.54, 1.807) is 18.2 Å². The minimum Gasteiger partial charge on any atom is -0.492 e. The number of benzene rings is 2. The van der Waals surface area contributed by atoms with Crippen LogP contribution in [-0.4, -0.2) is 33.5 Å². The van der Waals surface area contributed by atoms with Crippen molar-refractivity contribution in [1.29, 1.82) is 0 Å². The van der Waals surface area contributed by atoms with Gasteiger partial charge in [0.05, 0.1) is 16.4 Å². The SMILES string of the molecule is CNCCCCCOc1ccccc1S(=O)(=O)c1ccc([N+](=O)[O-])cc1.Cl. The van der Waals surface area contributed by atoms with E-state index in [1.807, 2.05) is 7.05 Å². The molecule has 0 spiro atoms. The van der Waals surface area contributed by atoms with Crippen molar-refractivity contribution in [2.24, 2.45) is 0 Å². The highest BCUT2D eigenvalue weighted by Gasteiger charge is 2.22. The van der Waals surface area contributed by atoms with Crippen LogP contribution in [0.2, 0.25) is 0 Å². The Labute approximate surface area is 165 Å². The standard InChI is InChI=1S/C18H22N2O5S.ClH/c1-19-13-5-2-6-14-25-17-7-3-4-8-18(17)26(23,24)16-11-9-15(10-12-16)20(21)22;/h3-4,7-12,19H,2,5-6,13-14H2,1H3;1H. The fourth-order valence-electron chi connectivity index (χ4n) is 2.43. The minimum atomic E-state index is -3.82. The number of hydrogen-bond donors (Lipinski definition) is 1. The summed E-state index contributed by atoms with van der Waals surface area (Å²) < 4.78 is 31.4. The van der Waals surface area contributed by atoms with E-state index in [1.165, 1.54) is 30.3 Å². The first-order valence-corrected chi connectivity index (χ1v) is 9.81. The van der Waals surface area contributed by atoms with Crippen LogP contribution < -0.4 is 10.1 Å². The molecule has 0 aliphatic heterocycles. The van der Waals surface area contributed by atoms with Gasteiger partial charge in [0, 0.05) is 12.1 Å². The van der Waals surface area contributed by atoms with Crippen LogP contribution in [0, 0.1) is 10.1 Å². The first-order valence-electron chi connectivity index (χ1n) is 8.33. The summed E-state index contributed by atoms with van der Waals surface area (Å²) in [7, 11) is -1.92. The number of non-ortho nitro benzene ring substituents is 1. The van der Waals surface area contributed by atoms with Crippen LogP contribution in [0.3, 0.4) is 0 Å². The van der Waals surface area contributed by atoms with Gasteiger partial charge in [0.15, 0.2) is 0 Å². The Kier molecular flexibility index (Phi) is 9.20. The molecule has 0 bridgehead atoms. The molecule has 2 aromatic rings. The maximum absolute atomic E-state index is 12.9. The molecular weight excluding hydrogens is 392 g/mol. The van der Waals surface area contributed by atoms with Gasteiger partial charge in [-0.1, -0.05) is 12.1 Å². The average Bonchev–Trinajstić information content (AvgIpc) is 2.65. The van der Waals surface area contributed by atoms with Crippen molar-refractivity contribution >= 4 is 27.9 Å². The number of sulfone groups is 1. The summed E-state index contributed by atoms with van der Waals surface area (Å²) in [5.41, 5.74) is -0.157. The van der Waals surface area contributed by atoms with Crippen molar-refractivity contribution in [3.8, 4) is 5.75 Å². The highest BCUT2D eigenvalue weighted by Crippen LogP contribution is 2.30. The fraction of sp³-hybridized carbons (Fsp3) is 0.333. The number of nitrogens with one attached hydrogen (secondary N) is 1. The average molecular weight is 415 g/mol. The Morgan fingerprint density at radius 3 is 2.33 bits per heavy atom. The summed E-state index contributed by atoms with van der Waals surface area (Å²) >= 11 is 0. The highest BCUT2D eigenvalue weighted by atomic mass is 35.5. The summed E-state index contributed by atoms with van der Waals surface area (Å²) in [4.78, 5) is 10.2. The van der Waals surface area contributed by atoms with Gasteiger partial charge in [-0.3, -0.25) is 10.1 Å². The quantitative estimate of drug-likeness (QED) is 0.362. The smallest absolute Gasteiger partial charge is 0.269 e.